The molecule has 0 aliphatic heterocycles. The Bertz CT molecular complexity index is 803. The first-order valence-electron chi connectivity index (χ1n) is 6.01. The number of amides is 1. The maximum absolute atomic E-state index is 11.2. The van der Waals surface area contributed by atoms with Crippen molar-refractivity contribution >= 4 is 17.5 Å². The van der Waals surface area contributed by atoms with Crippen LogP contribution in [0.3, 0.4) is 0 Å². The van der Waals surface area contributed by atoms with Crippen molar-refractivity contribution in [3.05, 3.63) is 0 Å². The van der Waals surface area contributed by atoms with E-state index in [0.717, 1.165) is 0 Å². The predicted octanol–water partition coefficient (Wildman–Crippen LogP) is 0.194. The summed E-state index contributed by atoms with van der Waals surface area (Å²) in [5.74, 6) is 0.175. The summed E-state index contributed by atoms with van der Waals surface area (Å²) in [5, 5.41) is 24.8. The number of nitrogens with zero attached hydrogens (tertiary/aromatic N) is 7. The Morgan fingerprint density at radius 2 is 1.41 bits per heavy atom. The van der Waals surface area contributed by atoms with E-state index in [0.29, 0.717) is 11.5 Å². The molecule has 3 aromatic heterocycles. The fourth-order valence-electron chi connectivity index (χ4n) is 1.72. The Morgan fingerprint density at radius 3 is 2.09 bits per heavy atom. The molecule has 0 spiro atoms. The molecule has 0 atom stereocenters. The van der Waals surface area contributed by atoms with Crippen molar-refractivity contribution in [1.82, 2.24) is 30.9 Å². The van der Waals surface area contributed by atoms with Gasteiger partial charge in [0.2, 0.25) is 17.5 Å². The van der Waals surface area contributed by atoms with Crippen molar-refractivity contribution < 1.29 is 18.7 Å². The molecule has 12 heteroatoms. The zero-order chi connectivity index (χ0) is 15.7. The van der Waals surface area contributed by atoms with Crippen LogP contribution in [0.5, 0.6) is 0 Å². The standard InChI is InChI=1S/C10H10N8O4/c1-4(19)11-9-7(14-21-16-9)5-6(13-20-12-5)8-10(18(2)3)17-22-15-8/h1-3H3,(H,11,16,19). The van der Waals surface area contributed by atoms with E-state index in [9.17, 15) is 4.79 Å². The van der Waals surface area contributed by atoms with E-state index in [4.69, 9.17) is 9.26 Å². The van der Waals surface area contributed by atoms with Crippen LogP contribution in [0.15, 0.2) is 13.9 Å². The monoisotopic (exact) mass is 306 g/mol. The highest BCUT2D eigenvalue weighted by Crippen LogP contribution is 2.34. The van der Waals surface area contributed by atoms with Gasteiger partial charge in [-0.25, -0.2) is 13.9 Å². The molecule has 0 unspecified atom stereocenters. The van der Waals surface area contributed by atoms with Gasteiger partial charge in [-0.2, -0.15) is 0 Å². The molecular weight excluding hydrogens is 296 g/mol. The molecule has 3 heterocycles. The highest BCUT2D eigenvalue weighted by atomic mass is 16.6. The van der Waals surface area contributed by atoms with Gasteiger partial charge in [0.15, 0.2) is 22.8 Å². The molecule has 3 rings (SSSR count). The average molecular weight is 306 g/mol. The second kappa shape index (κ2) is 5.23. The van der Waals surface area contributed by atoms with Crippen molar-refractivity contribution in [3.8, 4) is 22.8 Å². The molecule has 1 N–H and O–H groups in total. The number of anilines is 2. The lowest BCUT2D eigenvalue weighted by Crippen LogP contribution is -2.10. The van der Waals surface area contributed by atoms with Gasteiger partial charge in [0.25, 0.3) is 0 Å². The molecule has 0 radical (unpaired) electrons. The molecule has 0 aliphatic rings. The van der Waals surface area contributed by atoms with Crippen LogP contribution in [0.25, 0.3) is 22.8 Å². The fraction of sp³-hybridized carbons (Fsp3) is 0.300. The maximum atomic E-state index is 11.2. The lowest BCUT2D eigenvalue weighted by atomic mass is 10.2. The van der Waals surface area contributed by atoms with Crippen LogP contribution in [0.4, 0.5) is 11.6 Å². The summed E-state index contributed by atoms with van der Waals surface area (Å²) in [5.41, 5.74) is 0.869. The van der Waals surface area contributed by atoms with E-state index in [-0.39, 0.29) is 28.8 Å². The Kier molecular flexibility index (Phi) is 3.25. The van der Waals surface area contributed by atoms with E-state index in [1.807, 2.05) is 0 Å². The normalized spacial score (nSPS) is 10.7. The van der Waals surface area contributed by atoms with Crippen molar-refractivity contribution in [2.75, 3.05) is 24.3 Å². The molecule has 0 fully saturated rings. The third-order valence-electron chi connectivity index (χ3n) is 2.61. The van der Waals surface area contributed by atoms with Crippen LogP contribution in [0.2, 0.25) is 0 Å². The maximum Gasteiger partial charge on any atom is 0.222 e. The van der Waals surface area contributed by atoms with Gasteiger partial charge in [-0.05, 0) is 30.9 Å². The van der Waals surface area contributed by atoms with Crippen LogP contribution in [0, 0.1) is 0 Å². The smallest absolute Gasteiger partial charge is 0.222 e. The van der Waals surface area contributed by atoms with Gasteiger partial charge in [-0.15, -0.1) is 0 Å². The summed E-state index contributed by atoms with van der Waals surface area (Å²) in [4.78, 5) is 12.8. The van der Waals surface area contributed by atoms with Gasteiger partial charge in [-0.1, -0.05) is 0 Å². The quantitative estimate of drug-likeness (QED) is 0.703. The number of aromatic nitrogens is 6. The number of hydrogen-bond donors (Lipinski definition) is 1. The largest absolute Gasteiger partial charge is 0.358 e. The minimum atomic E-state index is -0.341. The number of rotatable bonds is 4. The molecule has 0 aromatic carbocycles. The highest BCUT2D eigenvalue weighted by molar-refractivity contribution is 5.92. The zero-order valence-electron chi connectivity index (χ0n) is 11.8. The first kappa shape index (κ1) is 13.7. The van der Waals surface area contributed by atoms with Gasteiger partial charge in [0.1, 0.15) is 0 Å². The molecular formula is C10H10N8O4. The van der Waals surface area contributed by atoms with Gasteiger partial charge < -0.3 is 10.2 Å². The lowest BCUT2D eigenvalue weighted by Gasteiger charge is -2.06. The van der Waals surface area contributed by atoms with Crippen molar-refractivity contribution in [2.45, 2.75) is 6.92 Å². The molecule has 0 saturated heterocycles. The van der Waals surface area contributed by atoms with Gasteiger partial charge in [0, 0.05) is 21.0 Å². The van der Waals surface area contributed by atoms with Crippen LogP contribution < -0.4 is 10.2 Å². The molecule has 22 heavy (non-hydrogen) atoms. The molecule has 0 saturated carbocycles. The second-order valence-electron chi connectivity index (χ2n) is 4.43. The first-order chi connectivity index (χ1) is 10.6. The summed E-state index contributed by atoms with van der Waals surface area (Å²) < 4.78 is 14.1. The minimum Gasteiger partial charge on any atom is -0.358 e. The Balaban J connectivity index is 2.08. The van der Waals surface area contributed by atoms with Crippen molar-refractivity contribution in [3.63, 3.8) is 0 Å². The summed E-state index contributed by atoms with van der Waals surface area (Å²) >= 11 is 0. The Labute approximate surface area is 122 Å². The topological polar surface area (TPSA) is 149 Å². The third kappa shape index (κ3) is 2.25. The highest BCUT2D eigenvalue weighted by Gasteiger charge is 2.27. The van der Waals surface area contributed by atoms with E-state index < -0.39 is 0 Å². The van der Waals surface area contributed by atoms with Crippen LogP contribution in [-0.4, -0.2) is 50.9 Å². The lowest BCUT2D eigenvalue weighted by molar-refractivity contribution is -0.114. The van der Waals surface area contributed by atoms with E-state index >= 15 is 0 Å². The van der Waals surface area contributed by atoms with Crippen molar-refractivity contribution in [1.29, 1.82) is 0 Å². The molecule has 0 bridgehead atoms. The molecule has 1 amide bonds. The summed E-state index contributed by atoms with van der Waals surface area (Å²) in [6.45, 7) is 1.33. The van der Waals surface area contributed by atoms with Gasteiger partial charge >= 0.3 is 0 Å². The summed E-state index contributed by atoms with van der Waals surface area (Å²) in [7, 11) is 3.52. The van der Waals surface area contributed by atoms with Gasteiger partial charge in [-0.3, -0.25) is 4.79 Å². The SMILES string of the molecule is CC(=O)Nc1nonc1-c1nonc1-c1nonc1N(C)C. The predicted molar refractivity (Wildman–Crippen MR) is 69.5 cm³/mol. The zero-order valence-corrected chi connectivity index (χ0v) is 11.8. The Morgan fingerprint density at radius 1 is 0.864 bits per heavy atom. The molecule has 12 nitrogen and oxygen atoms in total. The van der Waals surface area contributed by atoms with E-state index in [1.54, 1.807) is 19.0 Å². The van der Waals surface area contributed by atoms with Crippen LogP contribution in [-0.2, 0) is 4.79 Å². The molecule has 0 aliphatic carbocycles. The van der Waals surface area contributed by atoms with E-state index in [1.165, 1.54) is 6.92 Å². The average Bonchev–Trinajstić information content (AvgIpc) is 3.16. The minimum absolute atomic E-state index is 0.0901. The number of carbonyl (C=O) groups excluding carboxylic acids is 1. The number of nitrogens with one attached hydrogen (secondary N) is 1. The van der Waals surface area contributed by atoms with Crippen LogP contribution in [0.1, 0.15) is 6.92 Å². The van der Waals surface area contributed by atoms with Crippen molar-refractivity contribution in [2.24, 2.45) is 0 Å². The number of hydrogen-bond acceptors (Lipinski definition) is 11. The molecule has 3 aromatic rings. The Hall–Kier alpha value is -3.31. The first-order valence-corrected chi connectivity index (χ1v) is 6.01. The van der Waals surface area contributed by atoms with E-state index in [2.05, 4.69) is 40.9 Å². The number of carbonyl (C=O) groups is 1. The summed E-state index contributed by atoms with van der Waals surface area (Å²) in [6, 6.07) is 0. The second-order valence-corrected chi connectivity index (χ2v) is 4.43. The molecule has 114 valence electrons. The third-order valence-corrected chi connectivity index (χ3v) is 2.61. The van der Waals surface area contributed by atoms with Gasteiger partial charge in [0.05, 0.1) is 0 Å². The fourth-order valence-corrected chi connectivity index (χ4v) is 1.72. The van der Waals surface area contributed by atoms with Crippen LogP contribution >= 0.6 is 0 Å². The summed E-state index contributed by atoms with van der Waals surface area (Å²) in [6.07, 6.45) is 0.